The van der Waals surface area contributed by atoms with E-state index >= 15 is 0 Å². The zero-order valence-electron chi connectivity index (χ0n) is 9.82. The molecule has 0 fully saturated rings. The van der Waals surface area contributed by atoms with Gasteiger partial charge in [-0.2, -0.15) is 0 Å². The zero-order valence-corrected chi connectivity index (χ0v) is 10.6. The first-order valence-electron chi connectivity index (χ1n) is 5.62. The molecule has 0 saturated carbocycles. The first-order valence-corrected chi connectivity index (χ1v) is 5.99. The molecule has 1 aromatic heterocycles. The molecule has 0 amide bonds. The average Bonchev–Trinajstić information content (AvgIpc) is 2.27. The van der Waals surface area contributed by atoms with Crippen LogP contribution in [-0.4, -0.2) is 15.1 Å². The van der Waals surface area contributed by atoms with Gasteiger partial charge in [-0.1, -0.05) is 24.9 Å². The number of aromatic hydroxyl groups is 1. The third-order valence-electron chi connectivity index (χ3n) is 2.39. The molecule has 18 heavy (non-hydrogen) atoms. The Balaban J connectivity index is 2.49. The van der Waals surface area contributed by atoms with Crippen LogP contribution in [0.1, 0.15) is 19.0 Å². The Morgan fingerprint density at radius 2 is 2.00 bits per heavy atom. The predicted molar refractivity (Wildman–Crippen MR) is 68.1 cm³/mol. The Labute approximate surface area is 109 Å². The summed E-state index contributed by atoms with van der Waals surface area (Å²) in [5.74, 6) is -0.378. The number of benzene rings is 1. The van der Waals surface area contributed by atoms with Gasteiger partial charge in [0, 0.05) is 17.3 Å². The third-order valence-corrected chi connectivity index (χ3v) is 2.59. The SMILES string of the molecule is CCCc1cc(Cl)nc(-c2cc(O)cc(F)c2)n1. The Morgan fingerprint density at radius 1 is 1.22 bits per heavy atom. The molecular formula is C13H12ClFN2O. The van der Waals surface area contributed by atoms with Gasteiger partial charge in [-0.3, -0.25) is 0 Å². The molecule has 1 N–H and O–H groups in total. The second-order valence-electron chi connectivity index (χ2n) is 3.95. The molecule has 0 aliphatic rings. The topological polar surface area (TPSA) is 46.0 Å². The summed E-state index contributed by atoms with van der Waals surface area (Å²) in [5, 5.41) is 9.68. The van der Waals surface area contributed by atoms with Gasteiger partial charge in [-0.25, -0.2) is 14.4 Å². The lowest BCUT2D eigenvalue weighted by atomic mass is 10.2. The normalized spacial score (nSPS) is 10.6. The molecule has 0 unspecified atom stereocenters. The van der Waals surface area contributed by atoms with Crippen LogP contribution in [0, 0.1) is 5.82 Å². The first-order chi connectivity index (χ1) is 8.58. The quantitative estimate of drug-likeness (QED) is 0.864. The lowest BCUT2D eigenvalue weighted by Gasteiger charge is -2.05. The second kappa shape index (κ2) is 5.31. The number of phenolic OH excluding ortho intramolecular Hbond substituents is 1. The highest BCUT2D eigenvalue weighted by Gasteiger charge is 2.08. The van der Waals surface area contributed by atoms with Crippen molar-refractivity contribution in [1.82, 2.24) is 9.97 Å². The average molecular weight is 267 g/mol. The van der Waals surface area contributed by atoms with Gasteiger partial charge in [0.05, 0.1) is 0 Å². The molecule has 1 aromatic carbocycles. The van der Waals surface area contributed by atoms with E-state index in [9.17, 15) is 9.50 Å². The van der Waals surface area contributed by atoms with Crippen molar-refractivity contribution < 1.29 is 9.50 Å². The van der Waals surface area contributed by atoms with Crippen LogP contribution in [0.4, 0.5) is 4.39 Å². The Hall–Kier alpha value is -1.68. The summed E-state index contributed by atoms with van der Waals surface area (Å²) in [5.41, 5.74) is 1.21. The van der Waals surface area contributed by atoms with Gasteiger partial charge in [0.25, 0.3) is 0 Å². The van der Waals surface area contributed by atoms with Gasteiger partial charge in [0.15, 0.2) is 5.82 Å². The molecule has 94 valence electrons. The number of aryl methyl sites for hydroxylation is 1. The minimum absolute atomic E-state index is 0.161. The van der Waals surface area contributed by atoms with E-state index in [-0.39, 0.29) is 5.75 Å². The Bertz CT molecular complexity index is 555. The van der Waals surface area contributed by atoms with Crippen LogP contribution in [0.15, 0.2) is 24.3 Å². The van der Waals surface area contributed by atoms with Gasteiger partial charge in [-0.05, 0) is 24.6 Å². The van der Waals surface area contributed by atoms with Crippen molar-refractivity contribution in [3.8, 4) is 17.1 Å². The molecular weight excluding hydrogens is 255 g/mol. The molecule has 0 bridgehead atoms. The smallest absolute Gasteiger partial charge is 0.161 e. The van der Waals surface area contributed by atoms with Gasteiger partial charge >= 0.3 is 0 Å². The Kier molecular flexibility index (Phi) is 3.77. The maximum atomic E-state index is 13.2. The highest BCUT2D eigenvalue weighted by atomic mass is 35.5. The van der Waals surface area contributed by atoms with E-state index in [2.05, 4.69) is 9.97 Å². The zero-order chi connectivity index (χ0) is 13.1. The van der Waals surface area contributed by atoms with Crippen LogP contribution in [0.2, 0.25) is 5.15 Å². The number of hydrogen-bond donors (Lipinski definition) is 1. The number of phenols is 1. The van der Waals surface area contributed by atoms with E-state index in [1.807, 2.05) is 6.92 Å². The molecule has 0 aliphatic heterocycles. The molecule has 0 spiro atoms. The lowest BCUT2D eigenvalue weighted by Crippen LogP contribution is -1.96. The summed E-state index contributed by atoms with van der Waals surface area (Å²) in [6.45, 7) is 2.03. The minimum Gasteiger partial charge on any atom is -0.508 e. The van der Waals surface area contributed by atoms with Crippen molar-refractivity contribution in [1.29, 1.82) is 0 Å². The number of halogens is 2. The van der Waals surface area contributed by atoms with Crippen LogP contribution in [-0.2, 0) is 6.42 Å². The van der Waals surface area contributed by atoms with E-state index in [1.54, 1.807) is 6.07 Å². The van der Waals surface area contributed by atoms with Gasteiger partial charge in [0.2, 0.25) is 0 Å². The Morgan fingerprint density at radius 3 is 2.67 bits per heavy atom. The molecule has 0 atom stereocenters. The minimum atomic E-state index is -0.536. The van der Waals surface area contributed by atoms with Crippen LogP contribution in [0.25, 0.3) is 11.4 Å². The summed E-state index contributed by atoms with van der Waals surface area (Å²) in [4.78, 5) is 8.35. The van der Waals surface area contributed by atoms with E-state index in [0.29, 0.717) is 16.5 Å². The number of rotatable bonds is 3. The second-order valence-corrected chi connectivity index (χ2v) is 4.34. The van der Waals surface area contributed by atoms with Crippen molar-refractivity contribution in [3.05, 3.63) is 40.9 Å². The number of hydrogen-bond acceptors (Lipinski definition) is 3. The fraction of sp³-hybridized carbons (Fsp3) is 0.231. The van der Waals surface area contributed by atoms with Crippen molar-refractivity contribution in [2.75, 3.05) is 0 Å². The van der Waals surface area contributed by atoms with E-state index in [1.165, 1.54) is 12.1 Å². The largest absolute Gasteiger partial charge is 0.508 e. The van der Waals surface area contributed by atoms with Crippen LogP contribution >= 0.6 is 11.6 Å². The molecule has 0 radical (unpaired) electrons. The van der Waals surface area contributed by atoms with E-state index in [0.717, 1.165) is 24.6 Å². The summed E-state index contributed by atoms with van der Waals surface area (Å²) < 4.78 is 13.2. The van der Waals surface area contributed by atoms with Crippen molar-refractivity contribution in [2.24, 2.45) is 0 Å². The molecule has 0 aliphatic carbocycles. The lowest BCUT2D eigenvalue weighted by molar-refractivity contribution is 0.469. The summed E-state index contributed by atoms with van der Waals surface area (Å²) in [6.07, 6.45) is 1.71. The molecule has 2 rings (SSSR count). The molecule has 3 nitrogen and oxygen atoms in total. The van der Waals surface area contributed by atoms with Gasteiger partial charge in [0.1, 0.15) is 16.7 Å². The monoisotopic (exact) mass is 266 g/mol. The third kappa shape index (κ3) is 2.96. The number of nitrogens with zero attached hydrogens (tertiary/aromatic N) is 2. The van der Waals surface area contributed by atoms with Gasteiger partial charge in [-0.15, -0.1) is 0 Å². The van der Waals surface area contributed by atoms with Crippen molar-refractivity contribution in [2.45, 2.75) is 19.8 Å². The number of aromatic nitrogens is 2. The predicted octanol–water partition coefficient (Wildman–Crippen LogP) is 3.59. The van der Waals surface area contributed by atoms with E-state index in [4.69, 9.17) is 11.6 Å². The summed E-state index contributed by atoms with van der Waals surface area (Å²) in [7, 11) is 0. The highest BCUT2D eigenvalue weighted by Crippen LogP contribution is 2.24. The van der Waals surface area contributed by atoms with E-state index < -0.39 is 5.82 Å². The standard InChI is InChI=1S/C13H12ClFN2O/c1-2-3-10-7-12(14)17-13(16-10)8-4-9(15)6-11(18)5-8/h4-7,18H,2-3H2,1H3. The summed E-state index contributed by atoms with van der Waals surface area (Å²) in [6, 6.07) is 5.39. The molecule has 2 aromatic rings. The fourth-order valence-electron chi connectivity index (χ4n) is 1.68. The van der Waals surface area contributed by atoms with Crippen LogP contribution in [0.5, 0.6) is 5.75 Å². The van der Waals surface area contributed by atoms with Gasteiger partial charge < -0.3 is 5.11 Å². The fourth-order valence-corrected chi connectivity index (χ4v) is 1.89. The highest BCUT2D eigenvalue weighted by molar-refractivity contribution is 6.29. The van der Waals surface area contributed by atoms with Crippen LogP contribution < -0.4 is 0 Å². The molecule has 5 heteroatoms. The van der Waals surface area contributed by atoms with Crippen molar-refractivity contribution in [3.63, 3.8) is 0 Å². The summed E-state index contributed by atoms with van der Waals surface area (Å²) >= 11 is 5.91. The maximum Gasteiger partial charge on any atom is 0.161 e. The first kappa shape index (κ1) is 12.8. The maximum absolute atomic E-state index is 13.2. The van der Waals surface area contributed by atoms with Crippen molar-refractivity contribution >= 4 is 11.6 Å². The molecule has 0 saturated heterocycles. The van der Waals surface area contributed by atoms with Crippen LogP contribution in [0.3, 0.4) is 0 Å². The molecule has 1 heterocycles.